The first-order valence-electron chi connectivity index (χ1n) is 10.8. The summed E-state index contributed by atoms with van der Waals surface area (Å²) < 4.78 is 13.3. The summed E-state index contributed by atoms with van der Waals surface area (Å²) >= 11 is 0. The van der Waals surface area contributed by atoms with Crippen LogP contribution in [0.2, 0.25) is 0 Å². The molecular weight excluding hydrogens is 429 g/mol. The average Bonchev–Trinajstić information content (AvgIpc) is 3.14. The van der Waals surface area contributed by atoms with Gasteiger partial charge in [0, 0.05) is 11.3 Å². The van der Waals surface area contributed by atoms with Gasteiger partial charge in [-0.25, -0.2) is 19.2 Å². The standard InChI is InChI=1S/C23H32FN5O2S/c1-14-8-9-15(24)12-17(14)25-21(31)29-13-16-18(22(29,2)3)27-28-19(16)26-20(30)23(10-7-11-23)32(4,5)6/h8-9,12H,7,10-11,13H2,1-6H3,(H,25,31)(H2,26,27,28,30). The number of hydrogen-bond acceptors (Lipinski definition) is 3. The van der Waals surface area contributed by atoms with Crippen LogP contribution in [0.3, 0.4) is 0 Å². The van der Waals surface area contributed by atoms with Crippen molar-refractivity contribution in [3.8, 4) is 0 Å². The molecule has 1 aliphatic heterocycles. The van der Waals surface area contributed by atoms with Gasteiger partial charge in [0.2, 0.25) is 5.91 Å². The number of aromatic amines is 1. The number of aromatic nitrogens is 2. The number of nitrogens with one attached hydrogen (secondary N) is 3. The molecule has 3 amide bonds. The number of nitrogens with zero attached hydrogens (tertiary/aromatic N) is 2. The second kappa shape index (κ2) is 7.50. The number of carbonyl (C=O) groups excluding carboxylic acids is 2. The minimum absolute atomic E-state index is 0.0247. The summed E-state index contributed by atoms with van der Waals surface area (Å²) in [4.78, 5) is 28.1. The fourth-order valence-corrected chi connectivity index (χ4v) is 6.81. The second-order valence-electron chi connectivity index (χ2n) is 10.1. The second-order valence-corrected chi connectivity index (χ2v) is 14.6. The van der Waals surface area contributed by atoms with Gasteiger partial charge in [-0.1, -0.05) is 6.07 Å². The number of rotatable bonds is 4. The minimum atomic E-state index is -1.09. The molecule has 3 N–H and O–H groups in total. The Morgan fingerprint density at radius 1 is 1.19 bits per heavy atom. The molecule has 174 valence electrons. The van der Waals surface area contributed by atoms with Gasteiger partial charge >= 0.3 is 6.03 Å². The van der Waals surface area contributed by atoms with E-state index in [1.54, 1.807) is 11.0 Å². The van der Waals surface area contributed by atoms with Crippen molar-refractivity contribution < 1.29 is 14.0 Å². The first kappa shape index (κ1) is 22.6. The van der Waals surface area contributed by atoms with E-state index >= 15 is 0 Å². The average molecular weight is 462 g/mol. The van der Waals surface area contributed by atoms with Gasteiger partial charge in [0.1, 0.15) is 5.82 Å². The van der Waals surface area contributed by atoms with Crippen molar-refractivity contribution in [2.45, 2.75) is 56.9 Å². The molecule has 0 radical (unpaired) electrons. The van der Waals surface area contributed by atoms with Gasteiger partial charge in [0.05, 0.1) is 22.5 Å². The Kier molecular flexibility index (Phi) is 5.31. The SMILES string of the molecule is Cc1ccc(F)cc1NC(=O)N1Cc2c(NC(=O)C3(S(C)(C)C)CCC3)n[nH]c2C1(C)C. The third-order valence-electron chi connectivity index (χ3n) is 7.14. The highest BCUT2D eigenvalue weighted by molar-refractivity contribution is 8.33. The van der Waals surface area contributed by atoms with Gasteiger partial charge in [-0.05, 0) is 76.5 Å². The lowest BCUT2D eigenvalue weighted by Crippen LogP contribution is -2.51. The molecule has 1 saturated carbocycles. The first-order chi connectivity index (χ1) is 14.9. The van der Waals surface area contributed by atoms with Crippen LogP contribution in [0, 0.1) is 12.7 Å². The van der Waals surface area contributed by atoms with Crippen LogP contribution in [0.25, 0.3) is 0 Å². The Balaban J connectivity index is 1.55. The molecule has 1 aliphatic carbocycles. The lowest BCUT2D eigenvalue weighted by atomic mass is 9.83. The molecule has 7 nitrogen and oxygen atoms in total. The first-order valence-corrected chi connectivity index (χ1v) is 13.6. The molecule has 0 atom stereocenters. The largest absolute Gasteiger partial charge is 0.322 e. The van der Waals surface area contributed by atoms with Gasteiger partial charge in [-0.15, -0.1) is 0 Å². The van der Waals surface area contributed by atoms with E-state index < -0.39 is 21.4 Å². The van der Waals surface area contributed by atoms with Crippen LogP contribution in [0.4, 0.5) is 20.7 Å². The van der Waals surface area contributed by atoms with E-state index in [9.17, 15) is 14.0 Å². The molecule has 32 heavy (non-hydrogen) atoms. The molecule has 0 bridgehead atoms. The number of aryl methyl sites for hydroxylation is 1. The Labute approximate surface area is 189 Å². The number of urea groups is 1. The van der Waals surface area contributed by atoms with Crippen molar-refractivity contribution in [1.29, 1.82) is 0 Å². The molecule has 1 aromatic carbocycles. The predicted molar refractivity (Wildman–Crippen MR) is 128 cm³/mol. The lowest BCUT2D eigenvalue weighted by molar-refractivity contribution is -0.120. The fraction of sp³-hybridized carbons (Fsp3) is 0.522. The normalized spacial score (nSPS) is 19.2. The van der Waals surface area contributed by atoms with Crippen molar-refractivity contribution in [3.63, 3.8) is 0 Å². The highest BCUT2D eigenvalue weighted by Gasteiger charge is 2.51. The topological polar surface area (TPSA) is 90.1 Å². The fourth-order valence-electron chi connectivity index (χ4n) is 4.69. The van der Waals surface area contributed by atoms with Gasteiger partial charge in [0.15, 0.2) is 5.82 Å². The Morgan fingerprint density at radius 3 is 2.47 bits per heavy atom. The van der Waals surface area contributed by atoms with Crippen LogP contribution in [0.5, 0.6) is 0 Å². The zero-order chi connectivity index (χ0) is 23.5. The number of fused-ring (bicyclic) bond motifs is 1. The maximum Gasteiger partial charge on any atom is 0.322 e. The summed E-state index contributed by atoms with van der Waals surface area (Å²) in [5.41, 5.74) is 2.16. The van der Waals surface area contributed by atoms with Crippen molar-refractivity contribution in [3.05, 3.63) is 40.8 Å². The van der Waals surface area contributed by atoms with E-state index in [0.717, 1.165) is 36.1 Å². The smallest absolute Gasteiger partial charge is 0.309 e. The Hall–Kier alpha value is -2.55. The molecular formula is C23H32FN5O2S. The van der Waals surface area contributed by atoms with Crippen LogP contribution in [0.15, 0.2) is 18.2 Å². The summed E-state index contributed by atoms with van der Waals surface area (Å²) in [5, 5.41) is 13.3. The Morgan fingerprint density at radius 2 is 1.88 bits per heavy atom. The maximum atomic E-state index is 13.7. The molecule has 2 heterocycles. The van der Waals surface area contributed by atoms with Gasteiger partial charge in [-0.3, -0.25) is 9.89 Å². The third-order valence-corrected chi connectivity index (χ3v) is 10.1. The van der Waals surface area contributed by atoms with E-state index in [1.165, 1.54) is 12.1 Å². The quantitative estimate of drug-likeness (QED) is 0.617. The predicted octanol–water partition coefficient (Wildman–Crippen LogP) is 4.70. The van der Waals surface area contributed by atoms with Gasteiger partial charge in [-0.2, -0.15) is 5.10 Å². The molecule has 4 rings (SSSR count). The van der Waals surface area contributed by atoms with Crippen LogP contribution in [0.1, 0.15) is 49.9 Å². The zero-order valence-corrected chi connectivity index (χ0v) is 20.4. The van der Waals surface area contributed by atoms with E-state index in [0.29, 0.717) is 18.1 Å². The minimum Gasteiger partial charge on any atom is -0.309 e. The number of benzene rings is 1. The zero-order valence-electron chi connectivity index (χ0n) is 19.6. The van der Waals surface area contributed by atoms with Crippen molar-refractivity contribution in [2.24, 2.45) is 0 Å². The van der Waals surface area contributed by atoms with Gasteiger partial charge < -0.3 is 15.5 Å². The molecule has 1 fully saturated rings. The molecule has 0 unspecified atom stereocenters. The van der Waals surface area contributed by atoms with Crippen LogP contribution >= 0.6 is 10.0 Å². The van der Waals surface area contributed by atoms with E-state index in [1.807, 2.05) is 20.8 Å². The molecule has 0 spiro atoms. The molecule has 1 aromatic heterocycles. The van der Waals surface area contributed by atoms with Crippen LogP contribution in [-0.2, 0) is 16.9 Å². The molecule has 0 saturated heterocycles. The Bertz CT molecular complexity index is 1080. The number of H-pyrrole nitrogens is 1. The summed E-state index contributed by atoms with van der Waals surface area (Å²) in [6.45, 7) is 5.96. The molecule has 9 heteroatoms. The summed E-state index contributed by atoms with van der Waals surface area (Å²) in [5.74, 6) is 0.110. The summed E-state index contributed by atoms with van der Waals surface area (Å²) in [6, 6.07) is 3.98. The number of amides is 3. The molecule has 2 aromatic rings. The van der Waals surface area contributed by atoms with E-state index in [2.05, 4.69) is 39.6 Å². The molecule has 2 aliphatic rings. The van der Waals surface area contributed by atoms with E-state index in [-0.39, 0.29) is 16.7 Å². The van der Waals surface area contributed by atoms with Crippen molar-refractivity contribution >= 4 is 33.5 Å². The number of halogens is 1. The van der Waals surface area contributed by atoms with Crippen molar-refractivity contribution in [1.82, 2.24) is 15.1 Å². The van der Waals surface area contributed by atoms with Gasteiger partial charge in [0.25, 0.3) is 0 Å². The van der Waals surface area contributed by atoms with E-state index in [4.69, 9.17) is 0 Å². The number of carbonyl (C=O) groups is 2. The van der Waals surface area contributed by atoms with Crippen LogP contribution < -0.4 is 10.6 Å². The van der Waals surface area contributed by atoms with Crippen molar-refractivity contribution in [2.75, 3.05) is 29.4 Å². The summed E-state index contributed by atoms with van der Waals surface area (Å²) in [6.07, 6.45) is 9.42. The highest BCUT2D eigenvalue weighted by atomic mass is 32.3. The maximum absolute atomic E-state index is 13.7. The number of anilines is 2. The van der Waals surface area contributed by atoms with Crippen LogP contribution in [-0.4, -0.2) is 50.5 Å². The number of hydrogen-bond donors (Lipinski definition) is 3. The highest BCUT2D eigenvalue weighted by Crippen LogP contribution is 2.60. The lowest BCUT2D eigenvalue weighted by Gasteiger charge is -2.53. The monoisotopic (exact) mass is 461 g/mol. The summed E-state index contributed by atoms with van der Waals surface area (Å²) in [7, 11) is -1.09. The third kappa shape index (κ3) is 3.46.